The van der Waals surface area contributed by atoms with Crippen molar-refractivity contribution in [3.05, 3.63) is 0 Å². The van der Waals surface area contributed by atoms with Crippen molar-refractivity contribution in [1.82, 2.24) is 4.90 Å². The zero-order valence-corrected chi connectivity index (χ0v) is 9.51. The van der Waals surface area contributed by atoms with Crippen molar-refractivity contribution < 1.29 is 0 Å². The molecule has 0 radical (unpaired) electrons. The predicted octanol–water partition coefficient (Wildman–Crippen LogP) is 2.76. The van der Waals surface area contributed by atoms with Crippen molar-refractivity contribution in [2.24, 2.45) is 17.3 Å². The van der Waals surface area contributed by atoms with E-state index in [1.807, 2.05) is 0 Å². The van der Waals surface area contributed by atoms with Gasteiger partial charge in [0.25, 0.3) is 0 Å². The lowest BCUT2D eigenvalue weighted by atomic mass is 9.52. The summed E-state index contributed by atoms with van der Waals surface area (Å²) in [5.41, 5.74) is 0.762. The van der Waals surface area contributed by atoms with Gasteiger partial charge in [-0.3, -0.25) is 4.90 Å². The molecular weight excluding hydrogens is 158 g/mol. The zero-order chi connectivity index (χ0) is 9.64. The van der Waals surface area contributed by atoms with Gasteiger partial charge >= 0.3 is 0 Å². The average Bonchev–Trinajstić information content (AvgIpc) is 1.78. The van der Waals surface area contributed by atoms with Crippen LogP contribution in [-0.4, -0.2) is 24.0 Å². The van der Waals surface area contributed by atoms with Gasteiger partial charge in [-0.1, -0.05) is 13.8 Å². The van der Waals surface area contributed by atoms with Crippen LogP contribution in [0.15, 0.2) is 0 Å². The largest absolute Gasteiger partial charge is 0.300 e. The van der Waals surface area contributed by atoms with Crippen LogP contribution in [0.3, 0.4) is 0 Å². The van der Waals surface area contributed by atoms with E-state index in [0.717, 1.165) is 23.3 Å². The second kappa shape index (κ2) is 2.98. The molecule has 2 fully saturated rings. The van der Waals surface area contributed by atoms with E-state index in [2.05, 4.69) is 32.6 Å². The Morgan fingerprint density at radius 3 is 2.08 bits per heavy atom. The van der Waals surface area contributed by atoms with Crippen LogP contribution in [-0.2, 0) is 0 Å². The van der Waals surface area contributed by atoms with Crippen LogP contribution in [0.5, 0.6) is 0 Å². The molecule has 0 aromatic rings. The smallest absolute Gasteiger partial charge is 0.00560 e. The lowest BCUT2D eigenvalue weighted by Gasteiger charge is -2.63. The molecule has 0 bridgehead atoms. The van der Waals surface area contributed by atoms with Gasteiger partial charge in [-0.15, -0.1) is 0 Å². The number of hydrogen-bond acceptors (Lipinski definition) is 1. The number of nitrogens with zero attached hydrogens (tertiary/aromatic N) is 1. The Bertz CT molecular complexity index is 189. The monoisotopic (exact) mass is 181 g/mol. The topological polar surface area (TPSA) is 3.24 Å². The van der Waals surface area contributed by atoms with Crippen LogP contribution in [0.2, 0.25) is 0 Å². The molecule has 2 rings (SSSR count). The first-order valence-electron chi connectivity index (χ1n) is 5.79. The van der Waals surface area contributed by atoms with Crippen molar-refractivity contribution in [2.45, 2.75) is 46.6 Å². The van der Waals surface area contributed by atoms with Crippen LogP contribution in [0.1, 0.15) is 40.5 Å². The van der Waals surface area contributed by atoms with E-state index in [-0.39, 0.29) is 0 Å². The Kier molecular flexibility index (Phi) is 2.18. The highest BCUT2D eigenvalue weighted by Gasteiger charge is 2.55. The molecular formula is C12H23N. The quantitative estimate of drug-likeness (QED) is 0.633. The summed E-state index contributed by atoms with van der Waals surface area (Å²) >= 11 is 0. The molecule has 0 amide bonds. The van der Waals surface area contributed by atoms with Gasteiger partial charge in [-0.25, -0.2) is 0 Å². The van der Waals surface area contributed by atoms with E-state index in [0.29, 0.717) is 0 Å². The molecule has 1 aliphatic carbocycles. The molecule has 1 saturated carbocycles. The van der Waals surface area contributed by atoms with Gasteiger partial charge in [-0.05, 0) is 43.9 Å². The van der Waals surface area contributed by atoms with Crippen molar-refractivity contribution in [1.29, 1.82) is 0 Å². The number of likely N-dealkylation sites (tertiary alicyclic amines) is 1. The van der Waals surface area contributed by atoms with Gasteiger partial charge in [0, 0.05) is 19.1 Å². The molecule has 1 heteroatoms. The molecule has 0 aromatic heterocycles. The first-order chi connectivity index (χ1) is 6.05. The minimum Gasteiger partial charge on any atom is -0.300 e. The Morgan fingerprint density at radius 2 is 1.77 bits per heavy atom. The third-order valence-electron chi connectivity index (χ3n) is 4.31. The van der Waals surface area contributed by atoms with Gasteiger partial charge < -0.3 is 0 Å². The summed E-state index contributed by atoms with van der Waals surface area (Å²) in [4.78, 5) is 2.62. The SMILES string of the molecule is CC(C)C1CCC12CN(C(C)C)C2. The Hall–Kier alpha value is -0.0400. The fraction of sp³-hybridized carbons (Fsp3) is 1.00. The first-order valence-corrected chi connectivity index (χ1v) is 5.79. The van der Waals surface area contributed by atoms with Crippen molar-refractivity contribution >= 4 is 0 Å². The Balaban J connectivity index is 1.90. The predicted molar refractivity (Wildman–Crippen MR) is 56.7 cm³/mol. The van der Waals surface area contributed by atoms with E-state index >= 15 is 0 Å². The lowest BCUT2D eigenvalue weighted by molar-refractivity contribution is -0.140. The molecule has 1 aliphatic heterocycles. The van der Waals surface area contributed by atoms with Crippen molar-refractivity contribution in [3.63, 3.8) is 0 Å². The summed E-state index contributed by atoms with van der Waals surface area (Å²) in [6, 6.07) is 0.763. The van der Waals surface area contributed by atoms with Gasteiger partial charge in [0.2, 0.25) is 0 Å². The molecule has 0 aromatic carbocycles. The maximum atomic E-state index is 2.62. The van der Waals surface area contributed by atoms with E-state index in [4.69, 9.17) is 0 Å². The maximum Gasteiger partial charge on any atom is 0.00560 e. The molecule has 0 N–H and O–H groups in total. The highest BCUT2D eigenvalue weighted by molar-refractivity contribution is 5.07. The summed E-state index contributed by atoms with van der Waals surface area (Å²) in [7, 11) is 0. The van der Waals surface area contributed by atoms with Gasteiger partial charge in [0.15, 0.2) is 0 Å². The van der Waals surface area contributed by atoms with E-state index in [1.165, 1.54) is 25.9 Å². The first kappa shape index (κ1) is 9.51. The summed E-state index contributed by atoms with van der Waals surface area (Å²) in [6.07, 6.45) is 2.99. The summed E-state index contributed by atoms with van der Waals surface area (Å²) in [5.74, 6) is 1.94. The van der Waals surface area contributed by atoms with Gasteiger partial charge in [0.05, 0.1) is 0 Å². The molecule has 2 aliphatic rings. The summed E-state index contributed by atoms with van der Waals surface area (Å²) in [6.45, 7) is 12.2. The van der Waals surface area contributed by atoms with Crippen LogP contribution in [0, 0.1) is 17.3 Å². The van der Waals surface area contributed by atoms with Gasteiger partial charge in [-0.2, -0.15) is 0 Å². The summed E-state index contributed by atoms with van der Waals surface area (Å²) < 4.78 is 0. The normalized spacial score (nSPS) is 32.3. The number of rotatable bonds is 2. The standard InChI is InChI=1S/C12H23N/c1-9(2)11-5-6-12(11)7-13(8-12)10(3)4/h9-11H,5-8H2,1-4H3. The minimum absolute atomic E-state index is 0.762. The number of hydrogen-bond donors (Lipinski definition) is 0. The molecule has 1 unspecified atom stereocenters. The molecule has 76 valence electrons. The highest BCUT2D eigenvalue weighted by Crippen LogP contribution is 2.56. The van der Waals surface area contributed by atoms with Gasteiger partial charge in [0.1, 0.15) is 0 Å². The molecule has 1 heterocycles. The minimum atomic E-state index is 0.762. The zero-order valence-electron chi connectivity index (χ0n) is 9.51. The lowest BCUT2D eigenvalue weighted by Crippen LogP contribution is -2.66. The Morgan fingerprint density at radius 1 is 1.15 bits per heavy atom. The Labute approximate surface area is 82.5 Å². The second-order valence-corrected chi connectivity index (χ2v) is 5.75. The molecule has 1 saturated heterocycles. The van der Waals surface area contributed by atoms with Crippen molar-refractivity contribution in [2.75, 3.05) is 13.1 Å². The van der Waals surface area contributed by atoms with Crippen LogP contribution >= 0.6 is 0 Å². The van der Waals surface area contributed by atoms with E-state index < -0.39 is 0 Å². The van der Waals surface area contributed by atoms with Crippen LogP contribution in [0.4, 0.5) is 0 Å². The van der Waals surface area contributed by atoms with Crippen LogP contribution < -0.4 is 0 Å². The third kappa shape index (κ3) is 1.32. The van der Waals surface area contributed by atoms with E-state index in [9.17, 15) is 0 Å². The third-order valence-corrected chi connectivity index (χ3v) is 4.31. The molecule has 1 nitrogen and oxygen atoms in total. The summed E-state index contributed by atoms with van der Waals surface area (Å²) in [5, 5.41) is 0. The van der Waals surface area contributed by atoms with Crippen LogP contribution in [0.25, 0.3) is 0 Å². The molecule has 1 atom stereocenters. The second-order valence-electron chi connectivity index (χ2n) is 5.75. The fourth-order valence-electron chi connectivity index (χ4n) is 3.28. The highest BCUT2D eigenvalue weighted by atomic mass is 15.2. The van der Waals surface area contributed by atoms with Crippen molar-refractivity contribution in [3.8, 4) is 0 Å². The average molecular weight is 181 g/mol. The molecule has 1 spiro atoms. The fourth-order valence-corrected chi connectivity index (χ4v) is 3.28. The molecule has 13 heavy (non-hydrogen) atoms. The maximum absolute atomic E-state index is 2.62. The van der Waals surface area contributed by atoms with E-state index in [1.54, 1.807) is 0 Å².